The van der Waals surface area contributed by atoms with E-state index in [0.717, 1.165) is 99.8 Å². The Balaban J connectivity index is 1.73. The topological polar surface area (TPSA) is 57.4 Å². The van der Waals surface area contributed by atoms with E-state index in [2.05, 4.69) is 111 Å². The quantitative estimate of drug-likeness (QED) is 0.119. The number of thiophene rings is 2. The third kappa shape index (κ3) is 7.12. The highest BCUT2D eigenvalue weighted by atomic mass is 32.1. The molecule has 6 heteroatoms. The predicted octanol–water partition coefficient (Wildman–Crippen LogP) is 15.3. The second-order valence-corrected chi connectivity index (χ2v) is 17.0. The van der Waals surface area contributed by atoms with Gasteiger partial charge >= 0.3 is 0 Å². The van der Waals surface area contributed by atoms with Gasteiger partial charge in [-0.1, -0.05) is 53.4 Å². The van der Waals surface area contributed by atoms with E-state index in [4.69, 9.17) is 9.97 Å². The van der Waals surface area contributed by atoms with E-state index in [9.17, 15) is 0 Å². The van der Waals surface area contributed by atoms with Gasteiger partial charge in [0.2, 0.25) is 0 Å². The van der Waals surface area contributed by atoms with Gasteiger partial charge in [0.05, 0.1) is 33.8 Å². The van der Waals surface area contributed by atoms with Crippen LogP contribution in [0.3, 0.4) is 0 Å². The molecule has 282 valence electrons. The smallest absolute Gasteiger partial charge is 0.0769 e. The molecule has 7 rings (SSSR count). The van der Waals surface area contributed by atoms with Crippen LogP contribution in [0.5, 0.6) is 0 Å². The minimum absolute atomic E-state index is 1.02. The Hall–Kier alpha value is -4.00. The zero-order valence-electron chi connectivity index (χ0n) is 33.8. The molecule has 0 atom stereocenters. The lowest BCUT2D eigenvalue weighted by Crippen LogP contribution is -1.89. The monoisotopic (exact) mass is 754 g/mol. The molecule has 4 nitrogen and oxygen atoms in total. The van der Waals surface area contributed by atoms with Gasteiger partial charge in [-0.05, 0) is 181 Å². The highest BCUT2D eigenvalue weighted by Gasteiger charge is 2.26. The lowest BCUT2D eigenvalue weighted by molar-refractivity contribution is 0.796. The molecule has 0 saturated heterocycles. The van der Waals surface area contributed by atoms with Crippen LogP contribution < -0.4 is 0 Å². The van der Waals surface area contributed by atoms with E-state index in [0.29, 0.717) is 0 Å². The lowest BCUT2D eigenvalue weighted by Gasteiger charge is -2.07. The zero-order valence-corrected chi connectivity index (χ0v) is 35.4. The van der Waals surface area contributed by atoms with Gasteiger partial charge in [0.1, 0.15) is 0 Å². The fraction of sp³-hybridized carbons (Fsp3) is 0.417. The number of allylic oxidation sites excluding steroid dienone is 4. The average molecular weight is 755 g/mol. The molecule has 8 bridgehead atoms. The molecule has 0 fully saturated rings. The minimum atomic E-state index is 1.02. The average Bonchev–Trinajstić information content (AvgIpc) is 4.03. The Morgan fingerprint density at radius 1 is 0.537 bits per heavy atom. The second-order valence-electron chi connectivity index (χ2n) is 15.4. The molecule has 2 N–H and O–H groups in total. The Labute approximate surface area is 330 Å². The highest BCUT2D eigenvalue weighted by molar-refractivity contribution is 7.08. The molecule has 0 saturated carbocycles. The number of aryl methyl sites for hydroxylation is 4. The molecule has 0 amide bonds. The van der Waals surface area contributed by atoms with Gasteiger partial charge in [-0.25, -0.2) is 9.97 Å². The molecule has 0 unspecified atom stereocenters. The third-order valence-corrected chi connectivity index (χ3v) is 13.2. The second kappa shape index (κ2) is 16.8. The van der Waals surface area contributed by atoms with Gasteiger partial charge in [-0.2, -0.15) is 22.7 Å². The summed E-state index contributed by atoms with van der Waals surface area (Å²) in [7, 11) is 0. The molecule has 0 aromatic carbocycles. The van der Waals surface area contributed by atoms with Crippen molar-refractivity contribution in [1.29, 1.82) is 0 Å². The molecule has 5 aromatic rings. The standard InChI is InChI=1S/C48H58N4S2/c1-9-13-17-35-29(5)45-43(33-21-23-53-27-33)46-31(7)37(19-15-11-3)41(51-46)26-42-38(20-16-12-4)32(8)48(52-42)44(34-22-24-54-28-34)47-30(6)36(18-14-10-2)40(50-47)25-39(35)49-45/h21-28,49,52H,9-20H2,1-8H3. The summed E-state index contributed by atoms with van der Waals surface area (Å²) < 4.78 is 0. The van der Waals surface area contributed by atoms with Crippen LogP contribution in [0.2, 0.25) is 0 Å². The van der Waals surface area contributed by atoms with Crippen LogP contribution in [-0.4, -0.2) is 19.9 Å². The molecule has 0 spiro atoms. The summed E-state index contributed by atoms with van der Waals surface area (Å²) in [6, 6.07) is 9.34. The van der Waals surface area contributed by atoms with E-state index < -0.39 is 0 Å². The molecule has 54 heavy (non-hydrogen) atoms. The van der Waals surface area contributed by atoms with E-state index >= 15 is 0 Å². The van der Waals surface area contributed by atoms with Gasteiger partial charge in [-0.15, -0.1) is 0 Å². The fourth-order valence-corrected chi connectivity index (χ4v) is 9.87. The summed E-state index contributed by atoms with van der Waals surface area (Å²) in [6.45, 7) is 18.5. The molecule has 7 heterocycles. The number of rotatable bonds is 14. The largest absolute Gasteiger partial charge is 0.354 e. The number of aromatic nitrogens is 4. The van der Waals surface area contributed by atoms with Crippen molar-refractivity contribution in [3.8, 4) is 22.3 Å². The van der Waals surface area contributed by atoms with Gasteiger partial charge in [0.25, 0.3) is 0 Å². The Morgan fingerprint density at radius 2 is 0.926 bits per heavy atom. The summed E-state index contributed by atoms with van der Waals surface area (Å²) in [5.74, 6) is 0. The zero-order chi connectivity index (χ0) is 37.9. The van der Waals surface area contributed by atoms with Crippen LogP contribution in [0.1, 0.15) is 151 Å². The maximum atomic E-state index is 5.67. The number of unbranched alkanes of at least 4 members (excludes halogenated alkanes) is 4. The van der Waals surface area contributed by atoms with Crippen LogP contribution in [0, 0.1) is 13.8 Å². The number of hydrogen-bond acceptors (Lipinski definition) is 4. The SMILES string of the molecule is CCCCC1=C(C)c2nc1cc1[nH]c(c(C)c1CCCC)c(-c1ccsc1)c1nc(cc3[nH]c(c(C)c3CCCC)c2-c2ccsc2)C(CCCC)=C1C. The van der Waals surface area contributed by atoms with Crippen molar-refractivity contribution >= 4 is 67.0 Å². The van der Waals surface area contributed by atoms with E-state index in [1.807, 2.05) is 0 Å². The number of nitrogens with one attached hydrogen (secondary N) is 2. The lowest BCUT2D eigenvalue weighted by atomic mass is 9.95. The minimum Gasteiger partial charge on any atom is -0.354 e. The van der Waals surface area contributed by atoms with Gasteiger partial charge in [-0.3, -0.25) is 0 Å². The van der Waals surface area contributed by atoms with Crippen LogP contribution in [0.4, 0.5) is 0 Å². The molecule has 5 aromatic heterocycles. The number of hydrogen-bond donors (Lipinski definition) is 2. The van der Waals surface area contributed by atoms with Crippen LogP contribution in [-0.2, 0) is 12.8 Å². The summed E-state index contributed by atoms with van der Waals surface area (Å²) in [4.78, 5) is 19.5. The van der Waals surface area contributed by atoms with Crippen molar-refractivity contribution in [2.45, 2.75) is 132 Å². The summed E-state index contributed by atoms with van der Waals surface area (Å²) in [5, 5.41) is 9.01. The molecule has 2 aliphatic rings. The first-order chi connectivity index (χ1) is 26.3. The van der Waals surface area contributed by atoms with Gasteiger partial charge in [0, 0.05) is 22.2 Å². The maximum absolute atomic E-state index is 5.67. The summed E-state index contributed by atoms with van der Waals surface area (Å²) in [6.07, 6.45) is 13.3. The first kappa shape index (κ1) is 38.3. The van der Waals surface area contributed by atoms with Crippen molar-refractivity contribution in [3.63, 3.8) is 0 Å². The van der Waals surface area contributed by atoms with Crippen molar-refractivity contribution in [1.82, 2.24) is 19.9 Å². The third-order valence-electron chi connectivity index (χ3n) is 11.8. The van der Waals surface area contributed by atoms with E-state index in [-0.39, 0.29) is 0 Å². The van der Waals surface area contributed by atoms with Crippen LogP contribution in [0.25, 0.3) is 66.6 Å². The molecular weight excluding hydrogens is 697 g/mol. The number of nitrogens with zero attached hydrogens (tertiary/aromatic N) is 2. The van der Waals surface area contributed by atoms with Crippen LogP contribution >= 0.6 is 22.7 Å². The van der Waals surface area contributed by atoms with Crippen molar-refractivity contribution in [2.75, 3.05) is 0 Å². The maximum Gasteiger partial charge on any atom is 0.0769 e. The highest BCUT2D eigenvalue weighted by Crippen LogP contribution is 2.44. The van der Waals surface area contributed by atoms with Gasteiger partial charge < -0.3 is 9.97 Å². The van der Waals surface area contributed by atoms with E-state index in [1.54, 1.807) is 22.7 Å². The summed E-state index contributed by atoms with van der Waals surface area (Å²) >= 11 is 3.52. The Kier molecular flexibility index (Phi) is 11.9. The first-order valence-electron chi connectivity index (χ1n) is 20.6. The predicted molar refractivity (Wildman–Crippen MR) is 238 cm³/mol. The Morgan fingerprint density at radius 3 is 1.28 bits per heavy atom. The van der Waals surface area contributed by atoms with Crippen LogP contribution in [0.15, 0.2) is 45.8 Å². The van der Waals surface area contributed by atoms with Crippen molar-refractivity contribution < 1.29 is 0 Å². The molecule has 2 aliphatic heterocycles. The van der Waals surface area contributed by atoms with E-state index in [1.165, 1.54) is 88.9 Å². The molecule has 0 aliphatic carbocycles. The molecule has 0 radical (unpaired) electrons. The van der Waals surface area contributed by atoms with Gasteiger partial charge in [0.15, 0.2) is 0 Å². The Bertz CT molecular complexity index is 2190. The fourth-order valence-electron chi connectivity index (χ4n) is 8.57. The number of fused-ring (bicyclic) bond motifs is 8. The summed E-state index contributed by atoms with van der Waals surface area (Å²) in [5.41, 5.74) is 24.9. The number of H-pyrrole nitrogens is 2. The molecular formula is C48H58N4S2. The number of aromatic amines is 2. The first-order valence-corrected chi connectivity index (χ1v) is 22.4. The normalized spacial score (nSPS) is 13.2. The van der Waals surface area contributed by atoms with Crippen molar-refractivity contribution in [2.24, 2.45) is 0 Å². The van der Waals surface area contributed by atoms with Crippen molar-refractivity contribution in [3.05, 3.63) is 90.8 Å².